The SMILES string of the molecule is COc1cccc(C=NNC(=O)CSc2nnc(-c3ccc(C)cc3)n2-c2ccc(C)cc2)c1O. The highest BCUT2D eigenvalue weighted by atomic mass is 32.2. The Kier molecular flexibility index (Phi) is 7.47. The summed E-state index contributed by atoms with van der Waals surface area (Å²) >= 11 is 1.26. The molecule has 0 aliphatic rings. The van der Waals surface area contributed by atoms with E-state index in [2.05, 4.69) is 20.7 Å². The average molecular weight is 488 g/mol. The molecule has 4 rings (SSSR count). The molecule has 1 heterocycles. The number of benzene rings is 3. The van der Waals surface area contributed by atoms with Crippen molar-refractivity contribution in [3.8, 4) is 28.6 Å². The van der Waals surface area contributed by atoms with Crippen LogP contribution in [0.1, 0.15) is 16.7 Å². The van der Waals surface area contributed by atoms with E-state index in [4.69, 9.17) is 4.74 Å². The van der Waals surface area contributed by atoms with Gasteiger partial charge < -0.3 is 9.84 Å². The highest BCUT2D eigenvalue weighted by Gasteiger charge is 2.17. The van der Waals surface area contributed by atoms with E-state index < -0.39 is 0 Å². The predicted molar refractivity (Wildman–Crippen MR) is 137 cm³/mol. The summed E-state index contributed by atoms with van der Waals surface area (Å²) in [5.41, 5.74) is 7.05. The number of carbonyl (C=O) groups is 1. The molecule has 0 saturated heterocycles. The first-order chi connectivity index (χ1) is 17.0. The summed E-state index contributed by atoms with van der Waals surface area (Å²) in [5.74, 6) is 0.749. The van der Waals surface area contributed by atoms with E-state index in [1.165, 1.54) is 25.1 Å². The van der Waals surface area contributed by atoms with Crippen LogP contribution in [0.5, 0.6) is 11.5 Å². The Labute approximate surface area is 207 Å². The van der Waals surface area contributed by atoms with Crippen molar-refractivity contribution in [1.29, 1.82) is 0 Å². The maximum atomic E-state index is 12.4. The average Bonchev–Trinajstić information content (AvgIpc) is 3.28. The molecule has 0 saturated carbocycles. The molecule has 8 nitrogen and oxygen atoms in total. The van der Waals surface area contributed by atoms with Crippen LogP contribution in [0.4, 0.5) is 0 Å². The lowest BCUT2D eigenvalue weighted by molar-refractivity contribution is -0.118. The molecule has 1 amide bonds. The summed E-state index contributed by atoms with van der Waals surface area (Å²) in [6, 6.07) is 21.2. The highest BCUT2D eigenvalue weighted by molar-refractivity contribution is 7.99. The number of thioether (sulfide) groups is 1. The number of aromatic hydroxyl groups is 1. The van der Waals surface area contributed by atoms with Gasteiger partial charge in [0.1, 0.15) is 0 Å². The summed E-state index contributed by atoms with van der Waals surface area (Å²) in [4.78, 5) is 12.4. The molecule has 0 aliphatic carbocycles. The molecule has 0 unspecified atom stereocenters. The largest absolute Gasteiger partial charge is 0.504 e. The summed E-state index contributed by atoms with van der Waals surface area (Å²) in [5, 5.41) is 23.4. The number of phenolic OH excluding ortho intramolecular Hbond substituents is 1. The first-order valence-corrected chi connectivity index (χ1v) is 11.8. The molecule has 0 spiro atoms. The number of phenols is 1. The van der Waals surface area contributed by atoms with E-state index in [9.17, 15) is 9.90 Å². The van der Waals surface area contributed by atoms with Crippen molar-refractivity contribution in [2.24, 2.45) is 5.10 Å². The molecule has 35 heavy (non-hydrogen) atoms. The Morgan fingerprint density at radius 2 is 1.74 bits per heavy atom. The zero-order valence-electron chi connectivity index (χ0n) is 19.6. The van der Waals surface area contributed by atoms with Crippen molar-refractivity contribution >= 4 is 23.9 Å². The number of ether oxygens (including phenoxy) is 1. The first kappa shape index (κ1) is 24.0. The zero-order valence-corrected chi connectivity index (χ0v) is 20.4. The Balaban J connectivity index is 1.50. The number of hydrogen-bond acceptors (Lipinski definition) is 7. The Hall–Kier alpha value is -4.11. The van der Waals surface area contributed by atoms with E-state index in [0.29, 0.717) is 22.3 Å². The summed E-state index contributed by atoms with van der Waals surface area (Å²) < 4.78 is 7.02. The number of carbonyl (C=O) groups excluding carboxylic acids is 1. The van der Waals surface area contributed by atoms with Crippen LogP contribution in [0.3, 0.4) is 0 Å². The quantitative estimate of drug-likeness (QED) is 0.215. The number of hydrogen-bond donors (Lipinski definition) is 2. The van der Waals surface area contributed by atoms with Crippen molar-refractivity contribution in [2.45, 2.75) is 19.0 Å². The molecule has 3 aromatic carbocycles. The van der Waals surface area contributed by atoms with Crippen molar-refractivity contribution in [2.75, 3.05) is 12.9 Å². The zero-order chi connectivity index (χ0) is 24.8. The van der Waals surface area contributed by atoms with Gasteiger partial charge in [-0.25, -0.2) is 5.43 Å². The molecular formula is C26H25N5O3S. The molecular weight excluding hydrogens is 462 g/mol. The maximum absolute atomic E-state index is 12.4. The van der Waals surface area contributed by atoms with Crippen LogP contribution >= 0.6 is 11.8 Å². The lowest BCUT2D eigenvalue weighted by Crippen LogP contribution is -2.20. The monoisotopic (exact) mass is 487 g/mol. The van der Waals surface area contributed by atoms with Gasteiger partial charge in [0.05, 0.1) is 19.1 Å². The van der Waals surface area contributed by atoms with Gasteiger partial charge in [-0.15, -0.1) is 10.2 Å². The van der Waals surface area contributed by atoms with Gasteiger partial charge in [-0.1, -0.05) is 65.4 Å². The number of nitrogens with one attached hydrogen (secondary N) is 1. The number of aryl methyl sites for hydroxylation is 2. The molecule has 1 aromatic heterocycles. The summed E-state index contributed by atoms with van der Waals surface area (Å²) in [7, 11) is 1.47. The Morgan fingerprint density at radius 1 is 1.06 bits per heavy atom. The van der Waals surface area contributed by atoms with Crippen molar-refractivity contribution in [3.05, 3.63) is 83.4 Å². The van der Waals surface area contributed by atoms with Gasteiger partial charge in [0.2, 0.25) is 0 Å². The van der Waals surface area contributed by atoms with Crippen LogP contribution in [0.15, 0.2) is 77.0 Å². The van der Waals surface area contributed by atoms with E-state index in [0.717, 1.165) is 22.4 Å². The number of hydrazone groups is 1. The van der Waals surface area contributed by atoms with E-state index in [1.54, 1.807) is 18.2 Å². The predicted octanol–water partition coefficient (Wildman–Crippen LogP) is 4.51. The lowest BCUT2D eigenvalue weighted by atomic mass is 10.1. The van der Waals surface area contributed by atoms with Crippen LogP contribution in [0.25, 0.3) is 17.1 Å². The summed E-state index contributed by atoms with van der Waals surface area (Å²) in [6.45, 7) is 4.06. The maximum Gasteiger partial charge on any atom is 0.250 e. The number of rotatable bonds is 8. The van der Waals surface area contributed by atoms with Crippen molar-refractivity contribution in [1.82, 2.24) is 20.2 Å². The number of amides is 1. The van der Waals surface area contributed by atoms with Crippen LogP contribution in [0, 0.1) is 13.8 Å². The Morgan fingerprint density at radius 3 is 2.43 bits per heavy atom. The normalized spacial score (nSPS) is 11.1. The van der Waals surface area contributed by atoms with Crippen LogP contribution in [0.2, 0.25) is 0 Å². The number of aromatic nitrogens is 3. The van der Waals surface area contributed by atoms with Gasteiger partial charge >= 0.3 is 0 Å². The third kappa shape index (κ3) is 5.70. The number of nitrogens with zero attached hydrogens (tertiary/aromatic N) is 4. The third-order valence-electron chi connectivity index (χ3n) is 5.21. The van der Waals surface area contributed by atoms with Crippen molar-refractivity contribution in [3.63, 3.8) is 0 Å². The van der Waals surface area contributed by atoms with Gasteiger partial charge in [0, 0.05) is 16.8 Å². The van der Waals surface area contributed by atoms with Gasteiger partial charge in [-0.2, -0.15) is 5.10 Å². The fourth-order valence-electron chi connectivity index (χ4n) is 3.32. The van der Waals surface area contributed by atoms with E-state index in [1.807, 2.05) is 66.9 Å². The molecule has 4 aromatic rings. The minimum absolute atomic E-state index is 0.0443. The second-order valence-electron chi connectivity index (χ2n) is 7.82. The molecule has 0 atom stereocenters. The highest BCUT2D eigenvalue weighted by Crippen LogP contribution is 2.29. The smallest absolute Gasteiger partial charge is 0.250 e. The van der Waals surface area contributed by atoms with E-state index >= 15 is 0 Å². The molecule has 0 bridgehead atoms. The molecule has 2 N–H and O–H groups in total. The second kappa shape index (κ2) is 10.9. The molecule has 0 radical (unpaired) electrons. The Bertz CT molecular complexity index is 1350. The molecule has 9 heteroatoms. The van der Waals surface area contributed by atoms with Gasteiger partial charge in [0.25, 0.3) is 5.91 Å². The fourth-order valence-corrected chi connectivity index (χ4v) is 4.07. The lowest BCUT2D eigenvalue weighted by Gasteiger charge is -2.11. The number of para-hydroxylation sites is 1. The topological polar surface area (TPSA) is 102 Å². The third-order valence-corrected chi connectivity index (χ3v) is 6.14. The van der Waals surface area contributed by atoms with Gasteiger partial charge in [0.15, 0.2) is 22.5 Å². The molecule has 0 fully saturated rings. The fraction of sp³-hybridized carbons (Fsp3) is 0.154. The molecule has 178 valence electrons. The number of methoxy groups -OCH3 is 1. The van der Waals surface area contributed by atoms with Crippen molar-refractivity contribution < 1.29 is 14.6 Å². The standard InChI is InChI=1S/C26H25N5O3S/c1-17-7-11-19(12-8-17)25-29-30-26(31(25)21-13-9-18(2)10-14-21)35-16-23(32)28-27-15-20-5-4-6-22(34-3)24(20)33/h4-15,33H,16H2,1-3H3,(H,28,32). The van der Waals surface area contributed by atoms with Crippen LogP contribution < -0.4 is 10.2 Å². The summed E-state index contributed by atoms with van der Waals surface area (Å²) in [6.07, 6.45) is 1.37. The minimum Gasteiger partial charge on any atom is -0.504 e. The van der Waals surface area contributed by atoms with Crippen LogP contribution in [-0.4, -0.2) is 44.9 Å². The van der Waals surface area contributed by atoms with Crippen LogP contribution in [-0.2, 0) is 4.79 Å². The minimum atomic E-state index is -0.316. The first-order valence-electron chi connectivity index (χ1n) is 10.9. The second-order valence-corrected chi connectivity index (χ2v) is 8.77. The van der Waals surface area contributed by atoms with Gasteiger partial charge in [-0.3, -0.25) is 9.36 Å². The van der Waals surface area contributed by atoms with E-state index in [-0.39, 0.29) is 17.4 Å². The molecule has 0 aliphatic heterocycles. The van der Waals surface area contributed by atoms with Gasteiger partial charge in [-0.05, 0) is 38.1 Å².